The summed E-state index contributed by atoms with van der Waals surface area (Å²) in [5.74, 6) is -1.93. The number of hydrogen-bond donors (Lipinski definition) is 1. The number of amides is 3. The van der Waals surface area contributed by atoms with Gasteiger partial charge in [0.15, 0.2) is 0 Å². The Morgan fingerprint density at radius 1 is 1.24 bits per heavy atom. The van der Waals surface area contributed by atoms with Gasteiger partial charge in [-0.05, 0) is 25.7 Å². The number of aliphatic hydroxyl groups is 1. The zero-order valence-corrected chi connectivity index (χ0v) is 20.9. The van der Waals surface area contributed by atoms with Crippen LogP contribution in [-0.4, -0.2) is 94.6 Å². The number of aliphatic hydroxyl groups excluding tert-OH is 1. The quantitative estimate of drug-likeness (QED) is 0.325. The second-order valence-corrected chi connectivity index (χ2v) is 9.83. The lowest BCUT2D eigenvalue weighted by atomic mass is 9.70. The highest BCUT2D eigenvalue weighted by atomic mass is 16.5. The minimum Gasteiger partial charge on any atom is -0.394 e. The van der Waals surface area contributed by atoms with Crippen LogP contribution in [0.3, 0.4) is 0 Å². The normalized spacial score (nSPS) is 30.2. The van der Waals surface area contributed by atoms with Crippen molar-refractivity contribution in [3.63, 3.8) is 0 Å². The highest BCUT2D eigenvalue weighted by molar-refractivity contribution is 5.99. The summed E-state index contributed by atoms with van der Waals surface area (Å²) in [6.45, 7) is 12.6. The Morgan fingerprint density at radius 2 is 1.94 bits per heavy atom. The van der Waals surface area contributed by atoms with E-state index in [-0.39, 0.29) is 30.4 Å². The molecule has 8 nitrogen and oxygen atoms in total. The number of unbranched alkanes of at least 4 members (excludes halogenated alkanes) is 2. The average Bonchev–Trinajstić information content (AvgIpc) is 3.46. The molecule has 0 aromatic heterocycles. The van der Waals surface area contributed by atoms with Crippen LogP contribution < -0.4 is 0 Å². The van der Waals surface area contributed by atoms with Gasteiger partial charge >= 0.3 is 0 Å². The van der Waals surface area contributed by atoms with E-state index >= 15 is 0 Å². The van der Waals surface area contributed by atoms with Crippen molar-refractivity contribution in [2.24, 2.45) is 11.8 Å². The number of rotatable bonds is 13. The van der Waals surface area contributed by atoms with Gasteiger partial charge in [0.05, 0.1) is 30.6 Å². The van der Waals surface area contributed by atoms with Crippen molar-refractivity contribution in [3.05, 3.63) is 25.3 Å². The van der Waals surface area contributed by atoms with Crippen molar-refractivity contribution < 1.29 is 24.2 Å². The van der Waals surface area contributed by atoms with Crippen molar-refractivity contribution in [1.29, 1.82) is 0 Å². The van der Waals surface area contributed by atoms with Crippen LogP contribution in [0.4, 0.5) is 0 Å². The molecule has 2 unspecified atom stereocenters. The lowest BCUT2D eigenvalue weighted by Gasteiger charge is -2.39. The maximum Gasteiger partial charge on any atom is 0.248 e. The Labute approximate surface area is 203 Å². The van der Waals surface area contributed by atoms with Crippen LogP contribution in [0.2, 0.25) is 0 Å². The molecule has 0 aromatic carbocycles. The van der Waals surface area contributed by atoms with Gasteiger partial charge in [-0.1, -0.05) is 38.8 Å². The number of fused-ring (bicyclic) bond motifs is 1. The molecule has 3 aliphatic rings. The third-order valence-corrected chi connectivity index (χ3v) is 7.80. The molecule has 1 N–H and O–H groups in total. The summed E-state index contributed by atoms with van der Waals surface area (Å²) in [7, 11) is 1.70. The lowest BCUT2D eigenvalue weighted by Crippen LogP contribution is -2.58. The number of ether oxygens (including phenoxy) is 1. The first kappa shape index (κ1) is 26.4. The summed E-state index contributed by atoms with van der Waals surface area (Å²) in [5, 5.41) is 10.1. The molecule has 3 amide bonds. The zero-order chi connectivity index (χ0) is 25.0. The van der Waals surface area contributed by atoms with Crippen molar-refractivity contribution in [1.82, 2.24) is 14.7 Å². The molecular weight excluding hydrogens is 434 g/mol. The first-order valence-electron chi connectivity index (χ1n) is 12.7. The van der Waals surface area contributed by atoms with Gasteiger partial charge in [-0.25, -0.2) is 0 Å². The molecule has 8 heteroatoms. The van der Waals surface area contributed by atoms with Gasteiger partial charge < -0.3 is 24.5 Å². The van der Waals surface area contributed by atoms with E-state index in [1.165, 1.54) is 0 Å². The highest BCUT2D eigenvalue weighted by Gasteiger charge is 2.75. The molecule has 0 aliphatic carbocycles. The number of likely N-dealkylation sites (N-methyl/N-ethyl adjacent to an activating group) is 1. The molecule has 190 valence electrons. The monoisotopic (exact) mass is 475 g/mol. The van der Waals surface area contributed by atoms with Crippen molar-refractivity contribution in [2.75, 3.05) is 33.3 Å². The standard InChI is InChI=1S/C26H41N3O5/c1-6-10-11-16-28(15-8-3)25(33)22-26-13-12-19(34-26)20(23(31)27(5)14-7-2)21(26)24(32)29(22)18(9-4)17-30/h7-8,18-22,30H,2-3,6,9-17H2,1,4-5H3/t18-,19-,20+,21-,22?,26?/m0/s1. The van der Waals surface area contributed by atoms with E-state index in [0.29, 0.717) is 38.9 Å². The minimum atomic E-state index is -1.04. The molecule has 3 fully saturated rings. The fourth-order valence-corrected chi connectivity index (χ4v) is 6.17. The maximum atomic E-state index is 14.1. The maximum absolute atomic E-state index is 14.1. The molecule has 0 saturated carbocycles. The van der Waals surface area contributed by atoms with Crippen LogP contribution in [0.25, 0.3) is 0 Å². The molecule has 3 aliphatic heterocycles. The van der Waals surface area contributed by atoms with Gasteiger partial charge in [0, 0.05) is 26.7 Å². The van der Waals surface area contributed by atoms with Crippen molar-refractivity contribution >= 4 is 17.7 Å². The minimum absolute atomic E-state index is 0.152. The Morgan fingerprint density at radius 3 is 2.53 bits per heavy atom. The summed E-state index contributed by atoms with van der Waals surface area (Å²) >= 11 is 0. The molecule has 6 atom stereocenters. The Balaban J connectivity index is 2.02. The van der Waals surface area contributed by atoms with Gasteiger partial charge in [-0.15, -0.1) is 13.2 Å². The van der Waals surface area contributed by atoms with Gasteiger partial charge in [0.1, 0.15) is 11.6 Å². The van der Waals surface area contributed by atoms with Crippen molar-refractivity contribution in [2.45, 2.75) is 76.2 Å². The highest BCUT2D eigenvalue weighted by Crippen LogP contribution is 2.59. The second kappa shape index (κ2) is 11.0. The molecule has 3 saturated heterocycles. The predicted molar refractivity (Wildman–Crippen MR) is 130 cm³/mol. The van der Waals surface area contributed by atoms with E-state index < -0.39 is 29.5 Å². The second-order valence-electron chi connectivity index (χ2n) is 9.83. The fourth-order valence-electron chi connectivity index (χ4n) is 6.17. The molecule has 2 bridgehead atoms. The molecule has 3 heterocycles. The summed E-state index contributed by atoms with van der Waals surface area (Å²) < 4.78 is 6.48. The topological polar surface area (TPSA) is 90.4 Å². The largest absolute Gasteiger partial charge is 0.394 e. The first-order chi connectivity index (χ1) is 16.3. The van der Waals surface area contributed by atoms with Crippen LogP contribution in [0.15, 0.2) is 25.3 Å². The van der Waals surface area contributed by atoms with Crippen molar-refractivity contribution in [3.8, 4) is 0 Å². The number of carbonyl (C=O) groups is 3. The number of likely N-dealkylation sites (tertiary alicyclic amines) is 1. The summed E-state index contributed by atoms with van der Waals surface area (Å²) in [5.41, 5.74) is -1.04. The van der Waals surface area contributed by atoms with E-state index in [1.807, 2.05) is 6.92 Å². The van der Waals surface area contributed by atoms with Gasteiger partial charge in [0.2, 0.25) is 17.7 Å². The Kier molecular flexibility index (Phi) is 8.57. The Bertz CT molecular complexity index is 797. The molecule has 0 aromatic rings. The van der Waals surface area contributed by atoms with Crippen LogP contribution >= 0.6 is 0 Å². The Hall–Kier alpha value is -2.19. The fraction of sp³-hybridized carbons (Fsp3) is 0.731. The van der Waals surface area contributed by atoms with E-state index in [4.69, 9.17) is 4.74 Å². The van der Waals surface area contributed by atoms with Gasteiger partial charge in [-0.2, -0.15) is 0 Å². The zero-order valence-electron chi connectivity index (χ0n) is 20.9. The molecule has 3 rings (SSSR count). The van der Waals surface area contributed by atoms with E-state index in [1.54, 1.807) is 33.9 Å². The van der Waals surface area contributed by atoms with Crippen LogP contribution in [0, 0.1) is 11.8 Å². The van der Waals surface area contributed by atoms with E-state index in [2.05, 4.69) is 20.1 Å². The molecule has 34 heavy (non-hydrogen) atoms. The van der Waals surface area contributed by atoms with Gasteiger partial charge in [-0.3, -0.25) is 14.4 Å². The predicted octanol–water partition coefficient (Wildman–Crippen LogP) is 1.98. The van der Waals surface area contributed by atoms with Crippen LogP contribution in [-0.2, 0) is 19.1 Å². The van der Waals surface area contributed by atoms with Crippen LogP contribution in [0.1, 0.15) is 52.4 Å². The lowest BCUT2D eigenvalue weighted by molar-refractivity contribution is -0.151. The summed E-state index contributed by atoms with van der Waals surface area (Å²) in [4.78, 5) is 46.3. The molecular formula is C26H41N3O5. The smallest absolute Gasteiger partial charge is 0.248 e. The van der Waals surface area contributed by atoms with Crippen LogP contribution in [0.5, 0.6) is 0 Å². The first-order valence-corrected chi connectivity index (χ1v) is 12.7. The molecule has 1 spiro atoms. The third-order valence-electron chi connectivity index (χ3n) is 7.80. The summed E-state index contributed by atoms with van der Waals surface area (Å²) in [6, 6.07) is -1.36. The SMILES string of the molecule is C=CCN(C)C(=O)[C@@H]1[C@@H]2CCC3(O2)C(C(=O)N(CC=C)CCCCC)N([C@@H](CC)CO)C(=O)[C@H]13. The third kappa shape index (κ3) is 4.31. The molecule has 0 radical (unpaired) electrons. The number of hydrogen-bond acceptors (Lipinski definition) is 5. The average molecular weight is 476 g/mol. The number of nitrogens with zero attached hydrogens (tertiary/aromatic N) is 3. The van der Waals surface area contributed by atoms with Gasteiger partial charge in [0.25, 0.3) is 0 Å². The number of carbonyl (C=O) groups excluding carboxylic acids is 3. The van der Waals surface area contributed by atoms with E-state index in [0.717, 1.165) is 19.3 Å². The summed E-state index contributed by atoms with van der Waals surface area (Å²) in [6.07, 6.45) is 7.56. The van der Waals surface area contributed by atoms with E-state index in [9.17, 15) is 19.5 Å².